The van der Waals surface area contributed by atoms with Crippen LogP contribution in [-0.2, 0) is 0 Å². The summed E-state index contributed by atoms with van der Waals surface area (Å²) in [6.07, 6.45) is 1.50. The molecule has 144 valence electrons. The Balaban J connectivity index is 1.40. The largest absolute Gasteiger partial charge is 0.497 e. The molecule has 2 aromatic carbocycles. The fourth-order valence-electron chi connectivity index (χ4n) is 3.38. The first-order valence-corrected chi connectivity index (χ1v) is 9.16. The van der Waals surface area contributed by atoms with Crippen molar-refractivity contribution in [3.8, 4) is 17.2 Å². The molecule has 2 heterocycles. The summed E-state index contributed by atoms with van der Waals surface area (Å²) in [7, 11) is 1.58. The molecule has 7 heteroatoms. The molecule has 1 fully saturated rings. The van der Waals surface area contributed by atoms with Crippen LogP contribution in [0.2, 0.25) is 0 Å². The van der Waals surface area contributed by atoms with Crippen LogP contribution in [0.15, 0.2) is 52.9 Å². The Morgan fingerprint density at radius 2 is 1.89 bits per heavy atom. The zero-order valence-corrected chi connectivity index (χ0v) is 15.5. The van der Waals surface area contributed by atoms with Gasteiger partial charge in [0.15, 0.2) is 0 Å². The first-order chi connectivity index (χ1) is 13.6. The van der Waals surface area contributed by atoms with Gasteiger partial charge in [-0.2, -0.15) is 0 Å². The molecule has 1 amide bonds. The van der Waals surface area contributed by atoms with E-state index < -0.39 is 0 Å². The molecule has 0 aliphatic carbocycles. The highest BCUT2D eigenvalue weighted by Gasteiger charge is 2.28. The zero-order valence-electron chi connectivity index (χ0n) is 15.5. The first kappa shape index (κ1) is 18.2. The number of piperidine rings is 1. The maximum Gasteiger partial charge on any atom is 0.253 e. The first-order valence-electron chi connectivity index (χ1n) is 9.16. The van der Waals surface area contributed by atoms with Crippen LogP contribution in [0.5, 0.6) is 5.75 Å². The standard InChI is InChI=1S/C21H20FN3O3/c1-27-18-4-2-3-16(13-18)21(26)25-11-9-15(10-12-25)20-24-23-19(28-20)14-5-7-17(22)8-6-14/h2-8,13,15H,9-12H2,1H3. The lowest BCUT2D eigenvalue weighted by molar-refractivity contribution is 0.0706. The van der Waals surface area contributed by atoms with E-state index in [1.165, 1.54) is 12.1 Å². The number of carbonyl (C=O) groups is 1. The number of benzene rings is 2. The number of amides is 1. The van der Waals surface area contributed by atoms with E-state index in [1.807, 2.05) is 17.0 Å². The number of likely N-dealkylation sites (tertiary alicyclic amines) is 1. The van der Waals surface area contributed by atoms with Crippen molar-refractivity contribution in [3.05, 3.63) is 65.8 Å². The Labute approximate surface area is 161 Å². The van der Waals surface area contributed by atoms with E-state index >= 15 is 0 Å². The number of nitrogens with zero attached hydrogens (tertiary/aromatic N) is 3. The molecule has 0 unspecified atom stereocenters. The maximum absolute atomic E-state index is 13.1. The van der Waals surface area contributed by atoms with Gasteiger partial charge in [0.2, 0.25) is 11.8 Å². The Bertz CT molecular complexity index is 963. The summed E-state index contributed by atoms with van der Waals surface area (Å²) < 4.78 is 24.0. The Morgan fingerprint density at radius 1 is 1.14 bits per heavy atom. The molecule has 1 aromatic heterocycles. The molecule has 0 spiro atoms. The van der Waals surface area contributed by atoms with Crippen molar-refractivity contribution in [2.75, 3.05) is 20.2 Å². The number of halogens is 1. The van der Waals surface area contributed by atoms with Crippen LogP contribution in [0.4, 0.5) is 4.39 Å². The lowest BCUT2D eigenvalue weighted by Crippen LogP contribution is -2.38. The highest BCUT2D eigenvalue weighted by molar-refractivity contribution is 5.94. The molecule has 0 N–H and O–H groups in total. The van der Waals surface area contributed by atoms with Crippen molar-refractivity contribution in [1.82, 2.24) is 15.1 Å². The number of carbonyl (C=O) groups excluding carboxylic acids is 1. The van der Waals surface area contributed by atoms with Gasteiger partial charge in [-0.1, -0.05) is 6.07 Å². The molecule has 0 saturated carbocycles. The summed E-state index contributed by atoms with van der Waals surface area (Å²) in [5.41, 5.74) is 1.31. The lowest BCUT2D eigenvalue weighted by Gasteiger charge is -2.30. The zero-order chi connectivity index (χ0) is 19.5. The van der Waals surface area contributed by atoms with E-state index in [0.29, 0.717) is 41.7 Å². The Kier molecular flexibility index (Phi) is 5.06. The number of hydrogen-bond acceptors (Lipinski definition) is 5. The predicted molar refractivity (Wildman–Crippen MR) is 101 cm³/mol. The molecule has 6 nitrogen and oxygen atoms in total. The predicted octanol–water partition coefficient (Wildman–Crippen LogP) is 3.90. The van der Waals surface area contributed by atoms with E-state index in [2.05, 4.69) is 10.2 Å². The minimum atomic E-state index is -0.309. The monoisotopic (exact) mass is 381 g/mol. The minimum Gasteiger partial charge on any atom is -0.497 e. The highest BCUT2D eigenvalue weighted by Crippen LogP contribution is 2.30. The molecule has 1 aliphatic rings. The lowest BCUT2D eigenvalue weighted by atomic mass is 9.96. The summed E-state index contributed by atoms with van der Waals surface area (Å²) >= 11 is 0. The third kappa shape index (κ3) is 3.74. The van der Waals surface area contributed by atoms with Crippen molar-refractivity contribution >= 4 is 5.91 Å². The maximum atomic E-state index is 13.1. The second kappa shape index (κ2) is 7.80. The fraction of sp³-hybridized carbons (Fsp3) is 0.286. The van der Waals surface area contributed by atoms with Gasteiger partial charge in [0.25, 0.3) is 5.91 Å². The van der Waals surface area contributed by atoms with Gasteiger partial charge >= 0.3 is 0 Å². The molecule has 0 bridgehead atoms. The van der Waals surface area contributed by atoms with Crippen LogP contribution in [0.25, 0.3) is 11.5 Å². The van der Waals surface area contributed by atoms with Gasteiger partial charge in [-0.25, -0.2) is 4.39 Å². The number of hydrogen-bond donors (Lipinski definition) is 0. The quantitative estimate of drug-likeness (QED) is 0.686. The molecular formula is C21H20FN3O3. The van der Waals surface area contributed by atoms with Crippen molar-refractivity contribution in [2.24, 2.45) is 0 Å². The molecule has 4 rings (SSSR count). The van der Waals surface area contributed by atoms with Gasteiger partial charge in [-0.15, -0.1) is 10.2 Å². The molecule has 1 aliphatic heterocycles. The van der Waals surface area contributed by atoms with Crippen LogP contribution < -0.4 is 4.74 Å². The number of methoxy groups -OCH3 is 1. The topological polar surface area (TPSA) is 68.5 Å². The second-order valence-electron chi connectivity index (χ2n) is 6.75. The molecular weight excluding hydrogens is 361 g/mol. The van der Waals surface area contributed by atoms with Crippen molar-refractivity contribution < 1.29 is 18.3 Å². The number of aromatic nitrogens is 2. The summed E-state index contributed by atoms with van der Waals surface area (Å²) in [4.78, 5) is 14.6. The van der Waals surface area contributed by atoms with Gasteiger partial charge in [0, 0.05) is 30.1 Å². The molecule has 0 atom stereocenters. The van der Waals surface area contributed by atoms with Gasteiger partial charge in [0.1, 0.15) is 11.6 Å². The van der Waals surface area contributed by atoms with Crippen LogP contribution in [0, 0.1) is 5.82 Å². The number of rotatable bonds is 4. The van der Waals surface area contributed by atoms with Crippen LogP contribution >= 0.6 is 0 Å². The normalized spacial score (nSPS) is 14.9. The molecule has 28 heavy (non-hydrogen) atoms. The second-order valence-corrected chi connectivity index (χ2v) is 6.75. The summed E-state index contributed by atoms with van der Waals surface area (Å²) in [5, 5.41) is 8.24. The average Bonchev–Trinajstić information content (AvgIpc) is 3.24. The van der Waals surface area contributed by atoms with Gasteiger partial charge in [0.05, 0.1) is 7.11 Å². The van der Waals surface area contributed by atoms with E-state index in [1.54, 1.807) is 31.4 Å². The van der Waals surface area contributed by atoms with E-state index in [-0.39, 0.29) is 17.6 Å². The third-order valence-electron chi connectivity index (χ3n) is 4.98. The van der Waals surface area contributed by atoms with Gasteiger partial charge in [-0.3, -0.25) is 4.79 Å². The van der Waals surface area contributed by atoms with E-state index in [0.717, 1.165) is 12.8 Å². The van der Waals surface area contributed by atoms with Crippen molar-refractivity contribution in [2.45, 2.75) is 18.8 Å². The number of ether oxygens (including phenoxy) is 1. The summed E-state index contributed by atoms with van der Waals surface area (Å²) in [6.45, 7) is 1.24. The minimum absolute atomic E-state index is 0.00474. The highest BCUT2D eigenvalue weighted by atomic mass is 19.1. The fourth-order valence-corrected chi connectivity index (χ4v) is 3.38. The smallest absolute Gasteiger partial charge is 0.253 e. The Hall–Kier alpha value is -3.22. The van der Waals surface area contributed by atoms with E-state index in [4.69, 9.17) is 9.15 Å². The summed E-state index contributed by atoms with van der Waals surface area (Å²) in [6, 6.07) is 13.1. The molecule has 0 radical (unpaired) electrons. The average molecular weight is 381 g/mol. The molecule has 1 saturated heterocycles. The molecule has 3 aromatic rings. The Morgan fingerprint density at radius 3 is 2.61 bits per heavy atom. The summed E-state index contributed by atoms with van der Waals surface area (Å²) in [5.74, 6) is 1.40. The third-order valence-corrected chi connectivity index (χ3v) is 4.98. The van der Waals surface area contributed by atoms with E-state index in [9.17, 15) is 9.18 Å². The van der Waals surface area contributed by atoms with Crippen molar-refractivity contribution in [3.63, 3.8) is 0 Å². The van der Waals surface area contributed by atoms with Crippen LogP contribution in [-0.4, -0.2) is 41.2 Å². The van der Waals surface area contributed by atoms with Crippen LogP contribution in [0.1, 0.15) is 35.0 Å². The van der Waals surface area contributed by atoms with Gasteiger partial charge < -0.3 is 14.1 Å². The van der Waals surface area contributed by atoms with Crippen LogP contribution in [0.3, 0.4) is 0 Å². The van der Waals surface area contributed by atoms with Gasteiger partial charge in [-0.05, 0) is 55.3 Å². The van der Waals surface area contributed by atoms with Crippen molar-refractivity contribution in [1.29, 1.82) is 0 Å². The SMILES string of the molecule is COc1cccc(C(=O)N2CCC(c3nnc(-c4ccc(F)cc4)o3)CC2)c1.